The number of hydrogen-bond donors (Lipinski definition) is 0. The quantitative estimate of drug-likeness (QED) is 0.171. The second-order valence-corrected chi connectivity index (χ2v) is 14.2. The van der Waals surface area contributed by atoms with Crippen molar-refractivity contribution in [2.24, 2.45) is 0 Å². The molecule has 0 amide bonds. The smallest absolute Gasteiger partial charge is 0.404 e. The van der Waals surface area contributed by atoms with Crippen LogP contribution < -0.4 is 9.64 Å². The maximum absolute atomic E-state index is 15.3. The molecule has 0 N–H and O–H groups in total. The average Bonchev–Trinajstić information content (AvgIpc) is 3.02. The number of anilines is 1. The molecule has 0 spiro atoms. The van der Waals surface area contributed by atoms with E-state index in [4.69, 9.17) is 13.8 Å². The van der Waals surface area contributed by atoms with Crippen LogP contribution in [0.1, 0.15) is 49.8 Å². The van der Waals surface area contributed by atoms with Crippen LogP contribution in [0.25, 0.3) is 0 Å². The largest absolute Gasteiger partial charge is 0.495 e. The minimum absolute atomic E-state index is 0.00507. The maximum Gasteiger partial charge on any atom is 0.404 e. The fourth-order valence-electron chi connectivity index (χ4n) is 5.19. The molecule has 1 heterocycles. The van der Waals surface area contributed by atoms with Crippen LogP contribution in [0.2, 0.25) is 0 Å². The van der Waals surface area contributed by atoms with Crippen molar-refractivity contribution in [3.8, 4) is 5.75 Å². The monoisotopic (exact) mass is 636 g/mol. The molecule has 0 unspecified atom stereocenters. The summed E-state index contributed by atoms with van der Waals surface area (Å²) in [5, 5.41) is 0. The number of methoxy groups -OCH3 is 1. The Morgan fingerprint density at radius 1 is 0.860 bits per heavy atom. The first-order chi connectivity index (χ1) is 20.6. The topological polar surface area (TPSA) is 85.4 Å². The highest BCUT2D eigenvalue weighted by atomic mass is 32.2. The molecule has 0 atom stereocenters. The predicted molar refractivity (Wildman–Crippen MR) is 163 cm³/mol. The Kier molecular flexibility index (Phi) is 11.0. The number of piperidine rings is 1. The van der Waals surface area contributed by atoms with E-state index >= 15 is 8.78 Å². The number of halogens is 2. The number of benzene rings is 3. The molecule has 0 aliphatic carbocycles. The Morgan fingerprint density at radius 2 is 1.47 bits per heavy atom. The Labute approximate surface area is 253 Å². The van der Waals surface area contributed by atoms with Crippen LogP contribution in [-0.4, -0.2) is 46.1 Å². The van der Waals surface area contributed by atoms with E-state index in [0.29, 0.717) is 5.56 Å². The highest BCUT2D eigenvalue weighted by molar-refractivity contribution is 7.89. The highest BCUT2D eigenvalue weighted by Crippen LogP contribution is 2.66. The SMILES string of the molecule is CCOP(=O)(OCC)C(F)(F)c1ccc(CN(Cc2ccccc2N2CCCCC2)S(=O)(=O)c2ccccc2OC)cc1. The molecule has 1 aliphatic rings. The molecule has 1 aliphatic heterocycles. The van der Waals surface area contributed by atoms with E-state index in [-0.39, 0.29) is 36.9 Å². The van der Waals surface area contributed by atoms with Crippen molar-refractivity contribution in [3.63, 3.8) is 0 Å². The normalized spacial score (nSPS) is 14.7. The minimum Gasteiger partial charge on any atom is -0.495 e. The number of rotatable bonds is 14. The zero-order chi connectivity index (χ0) is 31.1. The summed E-state index contributed by atoms with van der Waals surface area (Å²) in [6.07, 6.45) is 3.29. The van der Waals surface area contributed by atoms with Crippen molar-refractivity contribution >= 4 is 23.3 Å². The van der Waals surface area contributed by atoms with Gasteiger partial charge in [-0.2, -0.15) is 13.1 Å². The molecule has 4 rings (SSSR count). The van der Waals surface area contributed by atoms with Crippen LogP contribution in [0.3, 0.4) is 0 Å². The summed E-state index contributed by atoms with van der Waals surface area (Å²) in [5.74, 6) is 0.203. The third kappa shape index (κ3) is 7.29. The van der Waals surface area contributed by atoms with Crippen LogP contribution in [0.15, 0.2) is 77.7 Å². The van der Waals surface area contributed by atoms with Gasteiger partial charge in [-0.05, 0) is 62.4 Å². The van der Waals surface area contributed by atoms with Gasteiger partial charge in [0.2, 0.25) is 10.0 Å². The van der Waals surface area contributed by atoms with Gasteiger partial charge in [-0.25, -0.2) is 8.42 Å². The number of hydrogen-bond acceptors (Lipinski definition) is 7. The van der Waals surface area contributed by atoms with Crippen molar-refractivity contribution in [1.82, 2.24) is 4.31 Å². The van der Waals surface area contributed by atoms with E-state index in [0.717, 1.165) is 55.7 Å². The van der Waals surface area contributed by atoms with Gasteiger partial charge in [0, 0.05) is 37.4 Å². The number of ether oxygens (including phenoxy) is 1. The van der Waals surface area contributed by atoms with Crippen LogP contribution >= 0.6 is 7.60 Å². The predicted octanol–water partition coefficient (Wildman–Crippen LogP) is 7.39. The highest BCUT2D eigenvalue weighted by Gasteiger charge is 2.54. The van der Waals surface area contributed by atoms with E-state index in [1.54, 1.807) is 18.2 Å². The zero-order valence-electron chi connectivity index (χ0n) is 24.7. The molecule has 12 heteroatoms. The lowest BCUT2D eigenvalue weighted by Crippen LogP contribution is -2.33. The molecule has 43 heavy (non-hydrogen) atoms. The van der Waals surface area contributed by atoms with Crippen molar-refractivity contribution in [1.29, 1.82) is 0 Å². The van der Waals surface area contributed by atoms with Gasteiger partial charge in [0.05, 0.1) is 20.3 Å². The minimum atomic E-state index is -4.79. The Morgan fingerprint density at radius 3 is 2.09 bits per heavy atom. The van der Waals surface area contributed by atoms with Gasteiger partial charge in [-0.3, -0.25) is 4.57 Å². The molecule has 1 fully saturated rings. The summed E-state index contributed by atoms with van der Waals surface area (Å²) in [4.78, 5) is 2.28. The number of sulfonamides is 1. The first-order valence-electron chi connectivity index (χ1n) is 14.4. The summed E-state index contributed by atoms with van der Waals surface area (Å²) < 4.78 is 88.4. The van der Waals surface area contributed by atoms with Gasteiger partial charge in [-0.15, -0.1) is 0 Å². The third-order valence-corrected chi connectivity index (χ3v) is 11.3. The third-order valence-electron chi connectivity index (χ3n) is 7.32. The molecule has 0 bridgehead atoms. The Balaban J connectivity index is 1.71. The standard InChI is InChI=1S/C31H39F2N2O6PS/c1-4-40-42(36,41-5-2)31(32,33)27-19-17-25(18-20-27)23-35(43(37,38)30-16-10-9-15-29(30)39-3)24-26-13-7-8-14-28(26)34-21-11-6-12-22-34/h7-10,13-20H,4-6,11-12,21-24H2,1-3H3. The first-order valence-corrected chi connectivity index (χ1v) is 17.4. The van der Waals surface area contributed by atoms with Gasteiger partial charge in [0.15, 0.2) is 0 Å². The molecular formula is C31H39F2N2O6PS. The van der Waals surface area contributed by atoms with E-state index in [2.05, 4.69) is 4.90 Å². The van der Waals surface area contributed by atoms with Gasteiger partial charge < -0.3 is 18.7 Å². The van der Waals surface area contributed by atoms with E-state index in [1.807, 2.05) is 24.3 Å². The Hall–Kier alpha value is -2.82. The fraction of sp³-hybridized carbons (Fsp3) is 0.419. The molecule has 0 saturated carbocycles. The number of alkyl halides is 2. The molecule has 0 radical (unpaired) electrons. The molecule has 8 nitrogen and oxygen atoms in total. The molecule has 1 saturated heterocycles. The van der Waals surface area contributed by atoms with Gasteiger partial charge >= 0.3 is 13.3 Å². The fourth-order valence-corrected chi connectivity index (χ4v) is 8.29. The van der Waals surface area contributed by atoms with E-state index in [1.165, 1.54) is 43.5 Å². The molecule has 3 aromatic carbocycles. The first kappa shape index (κ1) is 33.1. The lowest BCUT2D eigenvalue weighted by Gasteiger charge is -2.32. The van der Waals surface area contributed by atoms with E-state index < -0.39 is 28.8 Å². The zero-order valence-corrected chi connectivity index (χ0v) is 26.5. The summed E-state index contributed by atoms with van der Waals surface area (Å²) in [5.41, 5.74) is -2.17. The molecule has 3 aromatic rings. The second kappa shape index (κ2) is 14.3. The van der Waals surface area contributed by atoms with Gasteiger partial charge in [-0.1, -0.05) is 54.6 Å². The van der Waals surface area contributed by atoms with E-state index in [9.17, 15) is 13.0 Å². The van der Waals surface area contributed by atoms with Crippen molar-refractivity contribution < 1.29 is 35.5 Å². The van der Waals surface area contributed by atoms with Crippen LogP contribution in [-0.2, 0) is 42.4 Å². The summed E-state index contributed by atoms with van der Waals surface area (Å²) in [6, 6.07) is 19.2. The van der Waals surface area contributed by atoms with Crippen molar-refractivity contribution in [2.75, 3.05) is 38.3 Å². The maximum atomic E-state index is 15.3. The number of nitrogens with zero attached hydrogens (tertiary/aromatic N) is 2. The van der Waals surface area contributed by atoms with Crippen molar-refractivity contribution in [2.45, 2.75) is 56.8 Å². The van der Waals surface area contributed by atoms with Crippen LogP contribution in [0, 0.1) is 0 Å². The second-order valence-electron chi connectivity index (χ2n) is 10.2. The average molecular weight is 637 g/mol. The molecule has 234 valence electrons. The summed E-state index contributed by atoms with van der Waals surface area (Å²) in [7, 11) is -7.48. The molecular weight excluding hydrogens is 597 g/mol. The van der Waals surface area contributed by atoms with Crippen molar-refractivity contribution in [3.05, 3.63) is 89.5 Å². The Bertz CT molecular complexity index is 1500. The summed E-state index contributed by atoms with van der Waals surface area (Å²) in [6.45, 7) is 4.23. The van der Waals surface area contributed by atoms with Crippen LogP contribution in [0.4, 0.5) is 14.5 Å². The summed E-state index contributed by atoms with van der Waals surface area (Å²) >= 11 is 0. The van der Waals surface area contributed by atoms with Gasteiger partial charge in [0.1, 0.15) is 10.6 Å². The lowest BCUT2D eigenvalue weighted by atomic mass is 10.1. The van der Waals surface area contributed by atoms with Gasteiger partial charge in [0.25, 0.3) is 0 Å². The number of para-hydroxylation sites is 2. The molecule has 0 aromatic heterocycles. The van der Waals surface area contributed by atoms with Crippen LogP contribution in [0.5, 0.6) is 5.75 Å². The lowest BCUT2D eigenvalue weighted by molar-refractivity contribution is 0.0360.